The maximum absolute atomic E-state index is 5.66. The van der Waals surface area contributed by atoms with Gasteiger partial charge in [-0.1, -0.05) is 0 Å². The van der Waals surface area contributed by atoms with Crippen LogP contribution in [0.15, 0.2) is 23.3 Å². The molecular formula is C15H26GeO2. The van der Waals surface area contributed by atoms with E-state index in [1.165, 1.54) is 15.8 Å². The molecule has 102 valence electrons. The Labute approximate surface area is 115 Å². The SMILES string of the molecule is C=CCO/C(C#CCOC)=[CH]\[Ge]([CH2]C)([CH2]C)[CH2]C. The number of ether oxygens (including phenoxy) is 2. The second-order valence-corrected chi connectivity index (χ2v) is 15.0. The number of methoxy groups -OCH3 is 1. The van der Waals surface area contributed by atoms with E-state index in [4.69, 9.17) is 9.47 Å². The molecule has 0 rings (SSSR count). The maximum atomic E-state index is 5.66. The Kier molecular flexibility index (Phi) is 9.91. The Morgan fingerprint density at radius 2 is 1.83 bits per heavy atom. The fraction of sp³-hybridized carbons (Fsp3) is 0.600. The minimum absolute atomic E-state index is 0.444. The van der Waals surface area contributed by atoms with Gasteiger partial charge in [-0.05, 0) is 0 Å². The molecule has 0 fully saturated rings. The van der Waals surface area contributed by atoms with Crippen molar-refractivity contribution in [2.45, 2.75) is 36.5 Å². The summed E-state index contributed by atoms with van der Waals surface area (Å²) in [4.78, 5) is 2.35. The van der Waals surface area contributed by atoms with E-state index in [0.29, 0.717) is 13.2 Å². The summed E-state index contributed by atoms with van der Waals surface area (Å²) in [5.41, 5.74) is 0. The Hall–Kier alpha value is -0.657. The van der Waals surface area contributed by atoms with Crippen molar-refractivity contribution < 1.29 is 9.47 Å². The van der Waals surface area contributed by atoms with Gasteiger partial charge in [0, 0.05) is 0 Å². The molecule has 0 radical (unpaired) electrons. The molecule has 0 atom stereocenters. The van der Waals surface area contributed by atoms with E-state index in [0.717, 1.165) is 5.76 Å². The molecular weight excluding hydrogens is 285 g/mol. The molecule has 2 nitrogen and oxygen atoms in total. The molecule has 0 aliphatic heterocycles. The molecule has 18 heavy (non-hydrogen) atoms. The monoisotopic (exact) mass is 312 g/mol. The first-order chi connectivity index (χ1) is 8.67. The quantitative estimate of drug-likeness (QED) is 0.294. The number of hydrogen-bond acceptors (Lipinski definition) is 2. The first kappa shape index (κ1) is 17.3. The zero-order valence-electron chi connectivity index (χ0n) is 12.2. The van der Waals surface area contributed by atoms with Gasteiger partial charge >= 0.3 is 115 Å². The van der Waals surface area contributed by atoms with Crippen LogP contribution < -0.4 is 0 Å². The first-order valence-electron chi connectivity index (χ1n) is 6.62. The Bertz CT molecular complexity index is 311. The van der Waals surface area contributed by atoms with Crippen LogP contribution in [-0.2, 0) is 9.47 Å². The van der Waals surface area contributed by atoms with Crippen LogP contribution >= 0.6 is 0 Å². The average molecular weight is 311 g/mol. The molecule has 3 heteroatoms. The van der Waals surface area contributed by atoms with Gasteiger partial charge in [0.15, 0.2) is 0 Å². The van der Waals surface area contributed by atoms with Gasteiger partial charge in [-0.15, -0.1) is 0 Å². The molecule has 0 bridgehead atoms. The third kappa shape index (κ3) is 6.32. The molecule has 0 spiro atoms. The van der Waals surface area contributed by atoms with Crippen molar-refractivity contribution >= 4 is 13.3 Å². The average Bonchev–Trinajstić information content (AvgIpc) is 2.42. The minimum atomic E-state index is -1.89. The van der Waals surface area contributed by atoms with Crippen molar-refractivity contribution in [3.05, 3.63) is 23.3 Å². The number of allylic oxidation sites excluding steroid dienone is 1. The molecule has 0 heterocycles. The van der Waals surface area contributed by atoms with E-state index in [1.807, 2.05) is 0 Å². The van der Waals surface area contributed by atoms with E-state index in [9.17, 15) is 0 Å². The van der Waals surface area contributed by atoms with E-state index >= 15 is 0 Å². The van der Waals surface area contributed by atoms with Crippen LogP contribution in [0.4, 0.5) is 0 Å². The van der Waals surface area contributed by atoms with Crippen molar-refractivity contribution in [2.75, 3.05) is 20.3 Å². The van der Waals surface area contributed by atoms with Gasteiger partial charge in [-0.3, -0.25) is 0 Å². The van der Waals surface area contributed by atoms with Crippen molar-refractivity contribution in [3.63, 3.8) is 0 Å². The third-order valence-corrected chi connectivity index (χ3v) is 14.0. The van der Waals surface area contributed by atoms with Gasteiger partial charge in [0.2, 0.25) is 0 Å². The number of rotatable bonds is 8. The fourth-order valence-electron chi connectivity index (χ4n) is 1.79. The molecule has 0 saturated heterocycles. The molecule has 0 aliphatic rings. The van der Waals surface area contributed by atoms with Gasteiger partial charge in [0.05, 0.1) is 0 Å². The summed E-state index contributed by atoms with van der Waals surface area (Å²) in [7, 11) is 1.65. The summed E-state index contributed by atoms with van der Waals surface area (Å²) >= 11 is -1.89. The Morgan fingerprint density at radius 3 is 2.28 bits per heavy atom. The van der Waals surface area contributed by atoms with Crippen molar-refractivity contribution in [2.24, 2.45) is 0 Å². The molecule has 0 amide bonds. The standard InChI is InChI=1S/C15H26GeO2/c1-6-12-18-15(11-10-13-17-5)14-16(7-2,8-3)9-4/h6,14H,1,7-9,12-13H2,2-5H3/b15-14-. The van der Waals surface area contributed by atoms with Gasteiger partial charge in [0.25, 0.3) is 0 Å². The summed E-state index contributed by atoms with van der Waals surface area (Å²) in [6.45, 7) is 11.5. The zero-order valence-corrected chi connectivity index (χ0v) is 14.3. The third-order valence-electron chi connectivity index (χ3n) is 3.33. The van der Waals surface area contributed by atoms with E-state index in [-0.39, 0.29) is 0 Å². The molecule has 0 N–H and O–H groups in total. The zero-order chi connectivity index (χ0) is 13.9. The Balaban J connectivity index is 5.02. The molecule has 0 aromatic rings. The predicted molar refractivity (Wildman–Crippen MR) is 81.1 cm³/mol. The summed E-state index contributed by atoms with van der Waals surface area (Å²) < 4.78 is 10.6. The fourth-order valence-corrected chi connectivity index (χ4v) is 7.72. The van der Waals surface area contributed by atoms with Crippen LogP contribution in [0.25, 0.3) is 0 Å². The predicted octanol–water partition coefficient (Wildman–Crippen LogP) is 3.77. The molecule has 0 aromatic heterocycles. The molecule has 0 saturated carbocycles. The van der Waals surface area contributed by atoms with Crippen molar-refractivity contribution in [1.82, 2.24) is 0 Å². The molecule has 0 aliphatic carbocycles. The van der Waals surface area contributed by atoms with Crippen LogP contribution in [0.5, 0.6) is 0 Å². The van der Waals surface area contributed by atoms with E-state index in [1.54, 1.807) is 13.2 Å². The van der Waals surface area contributed by atoms with Crippen molar-refractivity contribution in [1.29, 1.82) is 0 Å². The van der Waals surface area contributed by atoms with Crippen molar-refractivity contribution in [3.8, 4) is 11.8 Å². The second kappa shape index (κ2) is 10.3. The van der Waals surface area contributed by atoms with Gasteiger partial charge in [-0.25, -0.2) is 0 Å². The summed E-state index contributed by atoms with van der Waals surface area (Å²) in [5, 5.41) is 3.83. The van der Waals surface area contributed by atoms with Crippen LogP contribution in [0.1, 0.15) is 20.8 Å². The van der Waals surface area contributed by atoms with Crippen LogP contribution in [0.2, 0.25) is 15.8 Å². The van der Waals surface area contributed by atoms with Crippen LogP contribution in [0, 0.1) is 11.8 Å². The normalized spacial score (nSPS) is 11.7. The topological polar surface area (TPSA) is 18.5 Å². The van der Waals surface area contributed by atoms with Gasteiger partial charge in [0.1, 0.15) is 0 Å². The van der Waals surface area contributed by atoms with Gasteiger partial charge < -0.3 is 0 Å². The summed E-state index contributed by atoms with van der Waals surface area (Å²) in [5.74, 6) is 6.86. The van der Waals surface area contributed by atoms with E-state index in [2.05, 4.69) is 44.1 Å². The number of hydrogen-bond donors (Lipinski definition) is 0. The summed E-state index contributed by atoms with van der Waals surface area (Å²) in [6.07, 6.45) is 1.75. The summed E-state index contributed by atoms with van der Waals surface area (Å²) in [6, 6.07) is 0. The second-order valence-electron chi connectivity index (χ2n) is 4.27. The van der Waals surface area contributed by atoms with Crippen LogP contribution in [0.3, 0.4) is 0 Å². The first-order valence-corrected chi connectivity index (χ1v) is 12.3. The molecule has 0 aromatic carbocycles. The van der Waals surface area contributed by atoms with Gasteiger partial charge in [-0.2, -0.15) is 0 Å². The molecule has 0 unspecified atom stereocenters. The Morgan fingerprint density at radius 1 is 1.22 bits per heavy atom. The van der Waals surface area contributed by atoms with Crippen LogP contribution in [-0.4, -0.2) is 33.6 Å². The van der Waals surface area contributed by atoms with E-state index < -0.39 is 13.3 Å².